The number of benzene rings is 1. The molecule has 2 aromatic heterocycles. The lowest BCUT2D eigenvalue weighted by Gasteiger charge is -2.19. The molecule has 4 N–H and O–H groups in total. The molecule has 7 heteroatoms. The number of aliphatic hydroxyl groups excluding tert-OH is 1. The summed E-state index contributed by atoms with van der Waals surface area (Å²) in [7, 11) is 0. The Kier molecular flexibility index (Phi) is 6.03. The number of hydrogen-bond acceptors (Lipinski definition) is 6. The van der Waals surface area contributed by atoms with E-state index in [-0.39, 0.29) is 12.0 Å². The Bertz CT molecular complexity index is 875. The fourth-order valence-corrected chi connectivity index (χ4v) is 3.15. The van der Waals surface area contributed by atoms with Crippen LogP contribution in [-0.4, -0.2) is 30.9 Å². The van der Waals surface area contributed by atoms with E-state index in [1.807, 2.05) is 22.8 Å². The summed E-state index contributed by atoms with van der Waals surface area (Å²) in [5, 5.41) is 13.4. The predicted octanol–water partition coefficient (Wildman–Crippen LogP) is 3.18. The average molecular weight is 368 g/mol. The second-order valence-electron chi connectivity index (χ2n) is 7.07. The van der Waals surface area contributed by atoms with Gasteiger partial charge in [-0.1, -0.05) is 43.7 Å². The van der Waals surface area contributed by atoms with Crippen LogP contribution in [0.2, 0.25) is 0 Å². The minimum atomic E-state index is -1.00. The van der Waals surface area contributed by atoms with Gasteiger partial charge in [0, 0.05) is 12.6 Å². The highest BCUT2D eigenvalue weighted by molar-refractivity contribution is 5.83. The van der Waals surface area contributed by atoms with E-state index < -0.39 is 6.23 Å². The summed E-state index contributed by atoms with van der Waals surface area (Å²) >= 11 is 0. The highest BCUT2D eigenvalue weighted by atomic mass is 16.3. The van der Waals surface area contributed by atoms with Crippen LogP contribution in [0.25, 0.3) is 11.2 Å². The van der Waals surface area contributed by atoms with Gasteiger partial charge in [0.05, 0.1) is 12.2 Å². The lowest BCUT2D eigenvalue weighted by molar-refractivity contribution is 0.141. The molecule has 0 aliphatic carbocycles. The van der Waals surface area contributed by atoms with Crippen LogP contribution in [0.4, 0.5) is 5.82 Å². The Balaban J connectivity index is 2.04. The first-order valence-electron chi connectivity index (χ1n) is 9.47. The number of aliphatic hydroxyl groups is 1. The monoisotopic (exact) mass is 368 g/mol. The van der Waals surface area contributed by atoms with Crippen molar-refractivity contribution in [1.82, 2.24) is 19.5 Å². The number of fused-ring (bicyclic) bond motifs is 1. The molecule has 3 rings (SSSR count). The number of nitrogens with zero attached hydrogens (tertiary/aromatic N) is 4. The van der Waals surface area contributed by atoms with Crippen molar-refractivity contribution < 1.29 is 5.11 Å². The third-order valence-corrected chi connectivity index (χ3v) is 4.64. The molecule has 2 atom stereocenters. The molecule has 0 radical (unpaired) electrons. The van der Waals surface area contributed by atoms with E-state index in [4.69, 9.17) is 15.7 Å². The minimum absolute atomic E-state index is 0.215. The van der Waals surface area contributed by atoms with Crippen molar-refractivity contribution in [3.8, 4) is 0 Å². The first-order chi connectivity index (χ1) is 13.0. The maximum Gasteiger partial charge on any atom is 0.166 e. The Hall–Kier alpha value is -2.51. The zero-order valence-corrected chi connectivity index (χ0v) is 16.1. The Morgan fingerprint density at radius 1 is 1.19 bits per heavy atom. The van der Waals surface area contributed by atoms with E-state index in [2.05, 4.69) is 43.2 Å². The summed E-state index contributed by atoms with van der Waals surface area (Å²) in [6.07, 6.45) is 2.39. The average Bonchev–Trinajstić information content (AvgIpc) is 3.09. The SMILES string of the molecule is CCC[C@@H](c1nc(NCc2ccccc2)c2ncn(C(C)C)c2n1)[C@H](N)O. The molecule has 0 aliphatic heterocycles. The standard InChI is InChI=1S/C20H28N6O/c1-4-8-15(17(21)27)18-24-19(22-11-14-9-6-5-7-10-14)16-20(25-18)26(12-23-16)13(2)3/h5-7,9-10,12-13,15,17,27H,4,8,11,21H2,1-3H3,(H,22,24,25)/t15-,17-/m1/s1. The molecule has 0 saturated carbocycles. The number of anilines is 1. The number of nitrogens with one attached hydrogen (secondary N) is 1. The number of hydrogen-bond donors (Lipinski definition) is 3. The third kappa shape index (κ3) is 4.26. The summed E-state index contributed by atoms with van der Waals surface area (Å²) < 4.78 is 2.01. The van der Waals surface area contributed by atoms with Crippen molar-refractivity contribution in [3.05, 3.63) is 48.0 Å². The van der Waals surface area contributed by atoms with Gasteiger partial charge in [-0.25, -0.2) is 15.0 Å². The molecule has 27 heavy (non-hydrogen) atoms. The molecule has 7 nitrogen and oxygen atoms in total. The first-order valence-corrected chi connectivity index (χ1v) is 9.47. The van der Waals surface area contributed by atoms with Crippen molar-refractivity contribution in [3.63, 3.8) is 0 Å². The normalized spacial score (nSPS) is 13.9. The molecule has 0 fully saturated rings. The van der Waals surface area contributed by atoms with E-state index in [0.29, 0.717) is 18.2 Å². The molecule has 0 unspecified atom stereocenters. The third-order valence-electron chi connectivity index (χ3n) is 4.64. The Labute approximate surface area is 159 Å². The number of nitrogens with two attached hydrogens (primary N) is 1. The van der Waals surface area contributed by atoms with Crippen molar-refractivity contribution in [2.45, 2.75) is 58.3 Å². The van der Waals surface area contributed by atoms with Crippen LogP contribution >= 0.6 is 0 Å². The molecule has 144 valence electrons. The van der Waals surface area contributed by atoms with Gasteiger partial charge in [-0.15, -0.1) is 0 Å². The molecule has 3 aromatic rings. The molecule has 0 bridgehead atoms. The van der Waals surface area contributed by atoms with E-state index in [1.165, 1.54) is 0 Å². The predicted molar refractivity (Wildman–Crippen MR) is 107 cm³/mol. The van der Waals surface area contributed by atoms with E-state index in [9.17, 15) is 5.11 Å². The molecular formula is C20H28N6O. The van der Waals surface area contributed by atoms with Gasteiger partial charge in [0.15, 0.2) is 11.5 Å². The van der Waals surface area contributed by atoms with E-state index in [0.717, 1.165) is 29.6 Å². The zero-order valence-electron chi connectivity index (χ0n) is 16.1. The Morgan fingerprint density at radius 3 is 2.56 bits per heavy atom. The fourth-order valence-electron chi connectivity index (χ4n) is 3.15. The second-order valence-corrected chi connectivity index (χ2v) is 7.07. The molecule has 0 saturated heterocycles. The van der Waals surface area contributed by atoms with Gasteiger partial charge in [0.2, 0.25) is 0 Å². The smallest absolute Gasteiger partial charge is 0.166 e. The van der Waals surface area contributed by atoms with Crippen molar-refractivity contribution >= 4 is 17.0 Å². The minimum Gasteiger partial charge on any atom is -0.378 e. The largest absolute Gasteiger partial charge is 0.378 e. The summed E-state index contributed by atoms with van der Waals surface area (Å²) in [5.41, 5.74) is 8.45. The maximum absolute atomic E-state index is 10.1. The summed E-state index contributed by atoms with van der Waals surface area (Å²) in [6, 6.07) is 10.3. The lowest BCUT2D eigenvalue weighted by Crippen LogP contribution is -2.29. The van der Waals surface area contributed by atoms with Crippen molar-refractivity contribution in [2.24, 2.45) is 5.73 Å². The molecule has 2 heterocycles. The molecule has 1 aromatic carbocycles. The van der Waals surface area contributed by atoms with Crippen LogP contribution in [0.1, 0.15) is 57.0 Å². The Morgan fingerprint density at radius 2 is 1.93 bits per heavy atom. The summed E-state index contributed by atoms with van der Waals surface area (Å²) in [5.74, 6) is 0.907. The highest BCUT2D eigenvalue weighted by Gasteiger charge is 2.23. The molecule has 0 amide bonds. The zero-order chi connectivity index (χ0) is 19.4. The highest BCUT2D eigenvalue weighted by Crippen LogP contribution is 2.27. The summed E-state index contributed by atoms with van der Waals surface area (Å²) in [6.45, 7) is 6.86. The quantitative estimate of drug-likeness (QED) is 0.528. The number of rotatable bonds is 8. The van der Waals surface area contributed by atoms with Gasteiger partial charge >= 0.3 is 0 Å². The number of imidazole rings is 1. The first kappa shape index (κ1) is 19.3. The van der Waals surface area contributed by atoms with Gasteiger partial charge in [-0.2, -0.15) is 0 Å². The topological polar surface area (TPSA) is 102 Å². The van der Waals surface area contributed by atoms with Crippen molar-refractivity contribution in [2.75, 3.05) is 5.32 Å². The molecule has 0 aliphatic rings. The fraction of sp³-hybridized carbons (Fsp3) is 0.450. The van der Waals surface area contributed by atoms with Crippen LogP contribution < -0.4 is 11.1 Å². The van der Waals surface area contributed by atoms with Gasteiger partial charge in [-0.05, 0) is 25.8 Å². The maximum atomic E-state index is 10.1. The van der Waals surface area contributed by atoms with Gasteiger partial charge in [-0.3, -0.25) is 0 Å². The van der Waals surface area contributed by atoms with Gasteiger partial charge in [0.1, 0.15) is 17.6 Å². The number of aromatic nitrogens is 4. The molecular weight excluding hydrogens is 340 g/mol. The summed E-state index contributed by atoms with van der Waals surface area (Å²) in [4.78, 5) is 13.9. The van der Waals surface area contributed by atoms with Crippen LogP contribution in [-0.2, 0) is 6.54 Å². The van der Waals surface area contributed by atoms with Crippen LogP contribution in [0.3, 0.4) is 0 Å². The van der Waals surface area contributed by atoms with Crippen molar-refractivity contribution in [1.29, 1.82) is 0 Å². The van der Waals surface area contributed by atoms with Crippen LogP contribution in [0.15, 0.2) is 36.7 Å². The molecule has 0 spiro atoms. The van der Waals surface area contributed by atoms with E-state index in [1.54, 1.807) is 6.33 Å². The van der Waals surface area contributed by atoms with Gasteiger partial charge in [0.25, 0.3) is 0 Å². The lowest BCUT2D eigenvalue weighted by atomic mass is 10.0. The van der Waals surface area contributed by atoms with E-state index >= 15 is 0 Å². The van der Waals surface area contributed by atoms with Crippen LogP contribution in [0, 0.1) is 0 Å². The van der Waals surface area contributed by atoms with Crippen LogP contribution in [0.5, 0.6) is 0 Å². The van der Waals surface area contributed by atoms with Gasteiger partial charge < -0.3 is 20.7 Å². The second kappa shape index (κ2) is 8.45.